The molecule has 2 N–H and O–H groups in total. The lowest BCUT2D eigenvalue weighted by Crippen LogP contribution is -2.32. The van der Waals surface area contributed by atoms with Crippen LogP contribution < -0.4 is 5.73 Å². The Morgan fingerprint density at radius 3 is 2.55 bits per heavy atom. The quantitative estimate of drug-likeness (QED) is 0.661. The summed E-state index contributed by atoms with van der Waals surface area (Å²) < 4.78 is 25.9. The molecule has 2 rings (SSSR count). The molecule has 0 radical (unpaired) electrons. The molecule has 20 heavy (non-hydrogen) atoms. The number of hydrogen-bond acceptors (Lipinski definition) is 5. The summed E-state index contributed by atoms with van der Waals surface area (Å²) in [6.07, 6.45) is 0.630. The third-order valence-electron chi connectivity index (χ3n) is 3.19. The largest absolute Gasteiger partial charge is 0.326 e. The van der Waals surface area contributed by atoms with Crippen LogP contribution in [0.3, 0.4) is 0 Å². The third kappa shape index (κ3) is 3.09. The summed E-state index contributed by atoms with van der Waals surface area (Å²) in [5.74, 6) is 0. The first-order chi connectivity index (χ1) is 8.82. The zero-order valence-electron chi connectivity index (χ0n) is 10.9. The van der Waals surface area contributed by atoms with Gasteiger partial charge in [0.1, 0.15) is 0 Å². The van der Waals surface area contributed by atoms with Crippen LogP contribution in [0.25, 0.3) is 0 Å². The Hall–Kier alpha value is -1.22. The molecule has 1 saturated heterocycles. The Morgan fingerprint density at radius 1 is 1.45 bits per heavy atom. The van der Waals surface area contributed by atoms with E-state index in [9.17, 15) is 18.5 Å². The number of nitrogens with zero attached hydrogens (tertiary/aromatic N) is 2. The summed E-state index contributed by atoms with van der Waals surface area (Å²) in [6.45, 7) is 2.20. The van der Waals surface area contributed by atoms with Gasteiger partial charge in [0.2, 0.25) is 10.0 Å². The summed E-state index contributed by atoms with van der Waals surface area (Å²) >= 11 is 0. The van der Waals surface area contributed by atoms with Gasteiger partial charge in [0.05, 0.1) is 9.82 Å². The Kier molecular flexibility index (Phi) is 5.09. The standard InChI is InChI=1S/C11H15N3O4S.ClH/c1-8-6-10(2-3-11(8)14(15)16)19(17,18)13-5-4-9(12)7-13;/h2-3,6,9H,4-5,7,12H2,1H3;1H/t9-;/m0./s1. The fourth-order valence-corrected chi connectivity index (χ4v) is 3.71. The molecule has 1 aliphatic rings. The molecule has 1 heterocycles. The molecule has 0 unspecified atom stereocenters. The molecular formula is C11H16ClN3O4S. The molecule has 1 aromatic rings. The van der Waals surface area contributed by atoms with Gasteiger partial charge in [-0.3, -0.25) is 10.1 Å². The van der Waals surface area contributed by atoms with Crippen molar-refractivity contribution in [3.8, 4) is 0 Å². The number of sulfonamides is 1. The molecule has 112 valence electrons. The van der Waals surface area contributed by atoms with Gasteiger partial charge in [0, 0.05) is 30.8 Å². The Morgan fingerprint density at radius 2 is 2.10 bits per heavy atom. The lowest BCUT2D eigenvalue weighted by molar-refractivity contribution is -0.385. The smallest absolute Gasteiger partial charge is 0.272 e. The number of nitrogens with two attached hydrogens (primary N) is 1. The summed E-state index contributed by atoms with van der Waals surface area (Å²) in [5, 5.41) is 10.7. The number of rotatable bonds is 3. The second kappa shape index (κ2) is 6.04. The predicted molar refractivity (Wildman–Crippen MR) is 76.4 cm³/mol. The van der Waals surface area contributed by atoms with Crippen LogP contribution in [0.2, 0.25) is 0 Å². The van der Waals surface area contributed by atoms with E-state index in [1.165, 1.54) is 29.4 Å². The second-order valence-corrected chi connectivity index (χ2v) is 6.56. The highest BCUT2D eigenvalue weighted by molar-refractivity contribution is 7.89. The lowest BCUT2D eigenvalue weighted by atomic mass is 10.2. The molecule has 1 fully saturated rings. The number of benzene rings is 1. The average Bonchev–Trinajstić information content (AvgIpc) is 2.76. The van der Waals surface area contributed by atoms with Gasteiger partial charge in [-0.2, -0.15) is 4.31 Å². The normalized spacial score (nSPS) is 19.6. The molecule has 0 amide bonds. The number of hydrogen-bond donors (Lipinski definition) is 1. The first kappa shape index (κ1) is 16.8. The number of aryl methyl sites for hydroxylation is 1. The van der Waals surface area contributed by atoms with Crippen LogP contribution in [0.15, 0.2) is 23.1 Å². The first-order valence-corrected chi connectivity index (χ1v) is 7.27. The zero-order chi connectivity index (χ0) is 14.2. The third-order valence-corrected chi connectivity index (χ3v) is 5.05. The van der Waals surface area contributed by atoms with Gasteiger partial charge in [-0.15, -0.1) is 12.4 Å². The van der Waals surface area contributed by atoms with E-state index in [0.717, 1.165) is 0 Å². The highest BCUT2D eigenvalue weighted by Crippen LogP contribution is 2.25. The van der Waals surface area contributed by atoms with Gasteiger partial charge in [-0.25, -0.2) is 8.42 Å². The maximum atomic E-state index is 12.3. The predicted octanol–water partition coefficient (Wildman–Crippen LogP) is 1.05. The van der Waals surface area contributed by atoms with Crippen LogP contribution in [0.5, 0.6) is 0 Å². The minimum atomic E-state index is -3.61. The molecule has 1 atom stereocenters. The number of nitro groups is 1. The SMILES string of the molecule is Cc1cc(S(=O)(=O)N2CC[C@H](N)C2)ccc1[N+](=O)[O-].Cl. The van der Waals surface area contributed by atoms with Gasteiger partial charge in [0.25, 0.3) is 5.69 Å². The fourth-order valence-electron chi connectivity index (χ4n) is 2.11. The minimum absolute atomic E-state index is 0. The van der Waals surface area contributed by atoms with E-state index in [1.807, 2.05) is 0 Å². The van der Waals surface area contributed by atoms with Crippen LogP contribution >= 0.6 is 12.4 Å². The van der Waals surface area contributed by atoms with Gasteiger partial charge in [-0.1, -0.05) is 0 Å². The van der Waals surface area contributed by atoms with E-state index in [0.29, 0.717) is 25.1 Å². The van der Waals surface area contributed by atoms with Gasteiger partial charge < -0.3 is 5.73 Å². The van der Waals surface area contributed by atoms with Crippen molar-refractivity contribution in [2.75, 3.05) is 13.1 Å². The molecule has 0 aliphatic carbocycles. The molecule has 0 bridgehead atoms. The van der Waals surface area contributed by atoms with Gasteiger partial charge in [0.15, 0.2) is 0 Å². The Labute approximate surface area is 123 Å². The first-order valence-electron chi connectivity index (χ1n) is 5.83. The van der Waals surface area contributed by atoms with Crippen molar-refractivity contribution in [1.82, 2.24) is 4.31 Å². The summed E-state index contributed by atoms with van der Waals surface area (Å²) in [4.78, 5) is 10.3. The number of nitro benzene ring substituents is 1. The van der Waals surface area contributed by atoms with E-state index in [-0.39, 0.29) is 29.0 Å². The summed E-state index contributed by atoms with van der Waals surface area (Å²) in [5.41, 5.74) is 5.94. The number of halogens is 1. The van der Waals surface area contributed by atoms with E-state index in [1.54, 1.807) is 0 Å². The van der Waals surface area contributed by atoms with Gasteiger partial charge in [-0.05, 0) is 25.5 Å². The van der Waals surface area contributed by atoms with E-state index in [4.69, 9.17) is 5.73 Å². The van der Waals surface area contributed by atoms with Crippen molar-refractivity contribution >= 4 is 28.1 Å². The molecule has 7 nitrogen and oxygen atoms in total. The molecule has 0 spiro atoms. The van der Waals surface area contributed by atoms with Crippen molar-refractivity contribution in [1.29, 1.82) is 0 Å². The van der Waals surface area contributed by atoms with Crippen molar-refractivity contribution < 1.29 is 13.3 Å². The van der Waals surface area contributed by atoms with Crippen molar-refractivity contribution in [3.63, 3.8) is 0 Å². The van der Waals surface area contributed by atoms with Crippen LogP contribution in [0.1, 0.15) is 12.0 Å². The molecule has 1 aromatic carbocycles. The average molecular weight is 322 g/mol. The Balaban J connectivity index is 0.00000200. The van der Waals surface area contributed by atoms with E-state index >= 15 is 0 Å². The van der Waals surface area contributed by atoms with Crippen LogP contribution in [0, 0.1) is 17.0 Å². The van der Waals surface area contributed by atoms with E-state index < -0.39 is 14.9 Å². The highest BCUT2D eigenvalue weighted by atomic mass is 35.5. The monoisotopic (exact) mass is 321 g/mol. The molecule has 0 aromatic heterocycles. The minimum Gasteiger partial charge on any atom is -0.326 e. The summed E-state index contributed by atoms with van der Waals surface area (Å²) in [6, 6.07) is 3.67. The topological polar surface area (TPSA) is 107 Å². The highest BCUT2D eigenvalue weighted by Gasteiger charge is 2.31. The van der Waals surface area contributed by atoms with Crippen molar-refractivity contribution in [2.24, 2.45) is 5.73 Å². The van der Waals surface area contributed by atoms with E-state index in [2.05, 4.69) is 0 Å². The zero-order valence-corrected chi connectivity index (χ0v) is 12.5. The van der Waals surface area contributed by atoms with Crippen LogP contribution in [0.4, 0.5) is 5.69 Å². The van der Waals surface area contributed by atoms with Crippen LogP contribution in [-0.4, -0.2) is 36.8 Å². The Bertz CT molecular complexity index is 620. The van der Waals surface area contributed by atoms with Crippen molar-refractivity contribution in [2.45, 2.75) is 24.3 Å². The fraction of sp³-hybridized carbons (Fsp3) is 0.455. The van der Waals surface area contributed by atoms with Crippen LogP contribution in [-0.2, 0) is 10.0 Å². The maximum absolute atomic E-state index is 12.3. The molecule has 1 aliphatic heterocycles. The molecule has 0 saturated carbocycles. The lowest BCUT2D eigenvalue weighted by Gasteiger charge is -2.16. The van der Waals surface area contributed by atoms with Gasteiger partial charge >= 0.3 is 0 Å². The second-order valence-electron chi connectivity index (χ2n) is 4.62. The van der Waals surface area contributed by atoms with Crippen molar-refractivity contribution in [3.05, 3.63) is 33.9 Å². The molecular weight excluding hydrogens is 306 g/mol. The maximum Gasteiger partial charge on any atom is 0.272 e. The molecule has 9 heteroatoms. The summed E-state index contributed by atoms with van der Waals surface area (Å²) in [7, 11) is -3.61.